The second-order valence-electron chi connectivity index (χ2n) is 5.93. The Kier molecular flexibility index (Phi) is 5.75. The quantitative estimate of drug-likeness (QED) is 0.626. The van der Waals surface area contributed by atoms with Crippen LogP contribution in [0.15, 0.2) is 42.7 Å². The molecule has 0 atom stereocenters. The molecule has 26 heavy (non-hydrogen) atoms. The lowest BCUT2D eigenvalue weighted by atomic mass is 10.1. The first-order chi connectivity index (χ1) is 12.6. The van der Waals surface area contributed by atoms with E-state index in [0.717, 1.165) is 5.56 Å². The van der Waals surface area contributed by atoms with Gasteiger partial charge in [0.1, 0.15) is 0 Å². The van der Waals surface area contributed by atoms with Gasteiger partial charge in [-0.1, -0.05) is 6.07 Å². The summed E-state index contributed by atoms with van der Waals surface area (Å²) in [6.45, 7) is 2.86. The van der Waals surface area contributed by atoms with Crippen molar-refractivity contribution >= 4 is 17.3 Å². The number of morpholine rings is 1. The minimum atomic E-state index is -0.491. The number of hydrogen-bond donors (Lipinski definition) is 1. The Labute approximate surface area is 150 Å². The van der Waals surface area contributed by atoms with Crippen molar-refractivity contribution in [3.05, 3.63) is 64.0 Å². The van der Waals surface area contributed by atoms with Crippen molar-refractivity contribution in [2.45, 2.75) is 6.42 Å². The Morgan fingerprint density at radius 2 is 2.12 bits per heavy atom. The lowest BCUT2D eigenvalue weighted by Gasteiger charge is -2.30. The van der Waals surface area contributed by atoms with E-state index in [9.17, 15) is 14.9 Å². The second kappa shape index (κ2) is 8.39. The SMILES string of the molecule is O=C(NCCc1cccnc1)c1cc([N+](=O)[O-])ccc1N1CCOCC1. The normalized spacial score (nSPS) is 14.1. The third-order valence-electron chi connectivity index (χ3n) is 4.21. The van der Waals surface area contributed by atoms with Gasteiger partial charge < -0.3 is 15.0 Å². The van der Waals surface area contributed by atoms with E-state index in [1.54, 1.807) is 18.5 Å². The molecule has 0 bridgehead atoms. The van der Waals surface area contributed by atoms with Crippen LogP contribution in [0, 0.1) is 10.1 Å². The van der Waals surface area contributed by atoms with Crippen molar-refractivity contribution in [2.75, 3.05) is 37.7 Å². The van der Waals surface area contributed by atoms with E-state index in [1.165, 1.54) is 12.1 Å². The standard InChI is InChI=1S/C18H20N4O4/c23-18(20-7-5-14-2-1-6-19-13-14)16-12-15(22(24)25)3-4-17(16)21-8-10-26-11-9-21/h1-4,6,12-13H,5,7-11H2,(H,20,23). The molecule has 1 saturated heterocycles. The van der Waals surface area contributed by atoms with Crippen LogP contribution in [0.2, 0.25) is 0 Å². The van der Waals surface area contributed by atoms with E-state index in [4.69, 9.17) is 4.74 Å². The van der Waals surface area contributed by atoms with Gasteiger partial charge in [-0.25, -0.2) is 0 Å². The van der Waals surface area contributed by atoms with Gasteiger partial charge in [0, 0.05) is 44.2 Å². The molecule has 8 nitrogen and oxygen atoms in total. The maximum Gasteiger partial charge on any atom is 0.270 e. The molecule has 2 aromatic rings. The van der Waals surface area contributed by atoms with Gasteiger partial charge in [0.05, 0.1) is 29.4 Å². The van der Waals surface area contributed by atoms with Crippen molar-refractivity contribution in [3.63, 3.8) is 0 Å². The lowest BCUT2D eigenvalue weighted by Crippen LogP contribution is -2.38. The summed E-state index contributed by atoms with van der Waals surface area (Å²) >= 11 is 0. The molecule has 0 spiro atoms. The number of anilines is 1. The predicted molar refractivity (Wildman–Crippen MR) is 96.4 cm³/mol. The van der Waals surface area contributed by atoms with E-state index in [-0.39, 0.29) is 11.6 Å². The van der Waals surface area contributed by atoms with E-state index in [0.29, 0.717) is 50.5 Å². The number of carbonyl (C=O) groups excluding carboxylic acids is 1. The van der Waals surface area contributed by atoms with Gasteiger partial charge in [-0.2, -0.15) is 0 Å². The van der Waals surface area contributed by atoms with Gasteiger partial charge in [-0.05, 0) is 24.1 Å². The average molecular weight is 356 g/mol. The van der Waals surface area contributed by atoms with Crippen molar-refractivity contribution in [1.82, 2.24) is 10.3 Å². The molecule has 1 fully saturated rings. The molecule has 1 aromatic carbocycles. The maximum absolute atomic E-state index is 12.7. The first-order valence-corrected chi connectivity index (χ1v) is 8.43. The lowest BCUT2D eigenvalue weighted by molar-refractivity contribution is -0.384. The zero-order chi connectivity index (χ0) is 18.4. The molecule has 1 aliphatic rings. The number of carbonyl (C=O) groups is 1. The Morgan fingerprint density at radius 1 is 1.31 bits per heavy atom. The van der Waals surface area contributed by atoms with Crippen LogP contribution in [0.25, 0.3) is 0 Å². The molecule has 1 aliphatic heterocycles. The summed E-state index contributed by atoms with van der Waals surface area (Å²) in [5.74, 6) is -0.320. The Bertz CT molecular complexity index is 776. The zero-order valence-corrected chi connectivity index (χ0v) is 14.3. The average Bonchev–Trinajstić information content (AvgIpc) is 2.69. The fourth-order valence-corrected chi connectivity index (χ4v) is 2.86. The predicted octanol–water partition coefficient (Wildman–Crippen LogP) is 1.80. The fraction of sp³-hybridized carbons (Fsp3) is 0.333. The van der Waals surface area contributed by atoms with Gasteiger partial charge >= 0.3 is 0 Å². The third kappa shape index (κ3) is 4.34. The third-order valence-corrected chi connectivity index (χ3v) is 4.21. The molecule has 0 saturated carbocycles. The van der Waals surface area contributed by atoms with Crippen molar-refractivity contribution in [1.29, 1.82) is 0 Å². The topological polar surface area (TPSA) is 97.6 Å². The van der Waals surface area contributed by atoms with Crippen molar-refractivity contribution in [3.8, 4) is 0 Å². The van der Waals surface area contributed by atoms with Crippen LogP contribution < -0.4 is 10.2 Å². The van der Waals surface area contributed by atoms with E-state index >= 15 is 0 Å². The number of nitro benzene ring substituents is 1. The number of non-ortho nitro benzene ring substituents is 1. The van der Waals surface area contributed by atoms with Crippen molar-refractivity contribution < 1.29 is 14.5 Å². The molecule has 3 rings (SSSR count). The van der Waals surface area contributed by atoms with Crippen LogP contribution in [0.5, 0.6) is 0 Å². The highest BCUT2D eigenvalue weighted by atomic mass is 16.6. The molecular weight excluding hydrogens is 336 g/mol. The Hall–Kier alpha value is -3.00. The number of rotatable bonds is 6. The molecule has 0 aliphatic carbocycles. The summed E-state index contributed by atoms with van der Waals surface area (Å²) in [6.07, 6.45) is 4.08. The summed E-state index contributed by atoms with van der Waals surface area (Å²) in [5.41, 5.74) is 1.92. The van der Waals surface area contributed by atoms with Crippen molar-refractivity contribution in [2.24, 2.45) is 0 Å². The number of benzene rings is 1. The van der Waals surface area contributed by atoms with E-state index in [1.807, 2.05) is 17.0 Å². The number of nitrogens with one attached hydrogen (secondary N) is 1. The summed E-state index contributed by atoms with van der Waals surface area (Å²) in [7, 11) is 0. The van der Waals surface area contributed by atoms with Gasteiger partial charge in [0.25, 0.3) is 11.6 Å². The van der Waals surface area contributed by atoms with Gasteiger partial charge in [0.15, 0.2) is 0 Å². The van der Waals surface area contributed by atoms with Crippen LogP contribution in [-0.4, -0.2) is 48.7 Å². The van der Waals surface area contributed by atoms with Gasteiger partial charge in [0.2, 0.25) is 0 Å². The van der Waals surface area contributed by atoms with Gasteiger partial charge in [-0.3, -0.25) is 19.9 Å². The number of pyridine rings is 1. The minimum Gasteiger partial charge on any atom is -0.378 e. The number of aromatic nitrogens is 1. The summed E-state index contributed by atoms with van der Waals surface area (Å²) < 4.78 is 5.34. The van der Waals surface area contributed by atoms with Crippen LogP contribution in [0.1, 0.15) is 15.9 Å². The van der Waals surface area contributed by atoms with Gasteiger partial charge in [-0.15, -0.1) is 0 Å². The van der Waals surface area contributed by atoms with E-state index < -0.39 is 4.92 Å². The number of nitro groups is 1. The number of ether oxygens (including phenoxy) is 1. The number of amides is 1. The van der Waals surface area contributed by atoms with E-state index in [2.05, 4.69) is 10.3 Å². The molecule has 136 valence electrons. The fourth-order valence-electron chi connectivity index (χ4n) is 2.86. The zero-order valence-electron chi connectivity index (χ0n) is 14.3. The second-order valence-corrected chi connectivity index (χ2v) is 5.93. The highest BCUT2D eigenvalue weighted by molar-refractivity contribution is 6.00. The molecule has 1 N–H and O–H groups in total. The number of nitrogens with zero attached hydrogens (tertiary/aromatic N) is 3. The van der Waals surface area contributed by atoms with Crippen LogP contribution >= 0.6 is 0 Å². The summed E-state index contributed by atoms with van der Waals surface area (Å²) in [6, 6.07) is 8.18. The first kappa shape index (κ1) is 17.8. The summed E-state index contributed by atoms with van der Waals surface area (Å²) in [5, 5.41) is 13.9. The highest BCUT2D eigenvalue weighted by Crippen LogP contribution is 2.26. The molecule has 0 unspecified atom stereocenters. The molecule has 8 heteroatoms. The molecular formula is C18H20N4O4. The van der Waals surface area contributed by atoms with Crippen LogP contribution in [0.4, 0.5) is 11.4 Å². The maximum atomic E-state index is 12.7. The molecule has 1 aromatic heterocycles. The molecule has 2 heterocycles. The smallest absolute Gasteiger partial charge is 0.270 e. The monoisotopic (exact) mass is 356 g/mol. The largest absolute Gasteiger partial charge is 0.378 e. The summed E-state index contributed by atoms with van der Waals surface area (Å²) in [4.78, 5) is 29.3. The Morgan fingerprint density at radius 3 is 2.81 bits per heavy atom. The number of hydrogen-bond acceptors (Lipinski definition) is 6. The van der Waals surface area contributed by atoms with Crippen LogP contribution in [-0.2, 0) is 11.2 Å². The first-order valence-electron chi connectivity index (χ1n) is 8.43. The minimum absolute atomic E-state index is 0.0978. The Balaban J connectivity index is 1.75. The van der Waals surface area contributed by atoms with Crippen LogP contribution in [0.3, 0.4) is 0 Å². The highest BCUT2D eigenvalue weighted by Gasteiger charge is 2.21. The molecule has 1 amide bonds. The molecule has 0 radical (unpaired) electrons.